The van der Waals surface area contributed by atoms with Crippen LogP contribution < -0.4 is 11.1 Å². The van der Waals surface area contributed by atoms with E-state index >= 15 is 0 Å². The predicted octanol–water partition coefficient (Wildman–Crippen LogP) is 4.27. The number of hydrogen-bond acceptors (Lipinski definition) is 2. The van der Waals surface area contributed by atoms with Crippen LogP contribution in [-0.2, 0) is 0 Å². The summed E-state index contributed by atoms with van der Waals surface area (Å²) >= 11 is 8.20. The number of anilines is 2. The fourth-order valence-electron chi connectivity index (χ4n) is 1.76. The molecule has 2 nitrogen and oxygen atoms in total. The molecular weight excluding hydrogens is 327 g/mol. The van der Waals surface area contributed by atoms with E-state index in [1.165, 1.54) is 6.07 Å². The summed E-state index contributed by atoms with van der Waals surface area (Å²) in [5.74, 6) is -0.301. The van der Waals surface area contributed by atoms with Crippen LogP contribution in [-0.4, -0.2) is 4.99 Å². The summed E-state index contributed by atoms with van der Waals surface area (Å²) in [7, 11) is 0. The normalized spacial score (nSPS) is 10.3. The first-order valence-corrected chi connectivity index (χ1v) is 6.80. The molecule has 0 radical (unpaired) electrons. The first kappa shape index (κ1) is 14.0. The quantitative estimate of drug-likeness (QED) is 0.820. The number of nitrogens with two attached hydrogens (primary N) is 1. The van der Waals surface area contributed by atoms with Crippen molar-refractivity contribution in [2.75, 3.05) is 5.32 Å². The number of para-hydroxylation sites is 1. The van der Waals surface area contributed by atoms with Crippen molar-refractivity contribution in [3.8, 4) is 0 Å². The first-order valence-electron chi connectivity index (χ1n) is 5.60. The lowest BCUT2D eigenvalue weighted by molar-refractivity contribution is 0.621. The van der Waals surface area contributed by atoms with E-state index in [1.807, 2.05) is 25.1 Å². The molecule has 0 heterocycles. The van der Waals surface area contributed by atoms with Gasteiger partial charge in [-0.15, -0.1) is 0 Å². The molecule has 0 aromatic heterocycles. The van der Waals surface area contributed by atoms with Crippen LogP contribution in [0.2, 0.25) is 0 Å². The summed E-state index contributed by atoms with van der Waals surface area (Å²) in [4.78, 5) is 0.326. The summed E-state index contributed by atoms with van der Waals surface area (Å²) in [6, 6.07) is 10.4. The summed E-state index contributed by atoms with van der Waals surface area (Å²) in [5, 5.41) is 3.23. The third-order valence-corrected chi connectivity index (χ3v) is 3.55. The molecule has 0 amide bonds. The first-order chi connectivity index (χ1) is 8.99. The molecule has 19 heavy (non-hydrogen) atoms. The van der Waals surface area contributed by atoms with Crippen LogP contribution in [0.4, 0.5) is 15.8 Å². The van der Waals surface area contributed by atoms with Crippen LogP contribution in [0, 0.1) is 12.7 Å². The summed E-state index contributed by atoms with van der Waals surface area (Å²) in [5.41, 5.74) is 9.11. The maximum atomic E-state index is 13.2. The average Bonchev–Trinajstić information content (AvgIpc) is 2.36. The molecule has 0 spiro atoms. The van der Waals surface area contributed by atoms with Crippen LogP contribution >= 0.6 is 28.1 Å². The highest BCUT2D eigenvalue weighted by atomic mass is 79.9. The van der Waals surface area contributed by atoms with Gasteiger partial charge in [-0.1, -0.05) is 24.4 Å². The molecule has 0 saturated heterocycles. The van der Waals surface area contributed by atoms with Crippen molar-refractivity contribution in [3.63, 3.8) is 0 Å². The van der Waals surface area contributed by atoms with E-state index in [0.29, 0.717) is 9.46 Å². The van der Waals surface area contributed by atoms with E-state index in [2.05, 4.69) is 21.2 Å². The minimum absolute atomic E-state index is 0.301. The Kier molecular flexibility index (Phi) is 4.17. The van der Waals surface area contributed by atoms with Crippen LogP contribution in [0.15, 0.2) is 40.9 Å². The highest BCUT2D eigenvalue weighted by molar-refractivity contribution is 9.10. The van der Waals surface area contributed by atoms with Gasteiger partial charge in [-0.05, 0) is 52.7 Å². The molecule has 2 aromatic rings. The van der Waals surface area contributed by atoms with Gasteiger partial charge in [0.15, 0.2) is 0 Å². The summed E-state index contributed by atoms with van der Waals surface area (Å²) in [6.45, 7) is 1.96. The third-order valence-electron chi connectivity index (χ3n) is 2.73. The topological polar surface area (TPSA) is 38.0 Å². The highest BCUT2D eigenvalue weighted by Gasteiger charge is 2.09. The smallest absolute Gasteiger partial charge is 0.137 e. The predicted molar refractivity (Wildman–Crippen MR) is 84.4 cm³/mol. The number of rotatable bonds is 3. The standard InChI is InChI=1S/C14H12BrFN2S/c1-8-3-2-4-10(14(17)19)13(8)18-9-5-6-12(16)11(15)7-9/h2-7,18H,1H3,(H2,17,19). The van der Waals surface area contributed by atoms with E-state index in [-0.39, 0.29) is 5.82 Å². The Bertz CT molecular complexity index is 643. The highest BCUT2D eigenvalue weighted by Crippen LogP contribution is 2.27. The third kappa shape index (κ3) is 3.11. The zero-order chi connectivity index (χ0) is 14.0. The zero-order valence-electron chi connectivity index (χ0n) is 10.2. The molecule has 0 fully saturated rings. The van der Waals surface area contributed by atoms with Crippen LogP contribution in [0.25, 0.3) is 0 Å². The SMILES string of the molecule is Cc1cccc(C(N)=S)c1Nc1ccc(F)c(Br)c1. The minimum atomic E-state index is -0.301. The number of benzene rings is 2. The fraction of sp³-hybridized carbons (Fsp3) is 0.0714. The number of aryl methyl sites for hydroxylation is 1. The van der Waals surface area contributed by atoms with Crippen molar-refractivity contribution in [2.24, 2.45) is 5.73 Å². The van der Waals surface area contributed by atoms with E-state index in [9.17, 15) is 4.39 Å². The van der Waals surface area contributed by atoms with Gasteiger partial charge >= 0.3 is 0 Å². The van der Waals surface area contributed by atoms with Crippen molar-refractivity contribution in [1.82, 2.24) is 0 Å². The second-order valence-electron chi connectivity index (χ2n) is 4.12. The molecule has 98 valence electrons. The Balaban J connectivity index is 2.42. The number of nitrogens with one attached hydrogen (secondary N) is 1. The Hall–Kier alpha value is -1.46. The Morgan fingerprint density at radius 2 is 2.05 bits per heavy atom. The maximum absolute atomic E-state index is 13.2. The van der Waals surface area contributed by atoms with Gasteiger partial charge in [0.1, 0.15) is 10.8 Å². The Morgan fingerprint density at radius 1 is 1.32 bits per heavy atom. The lowest BCUT2D eigenvalue weighted by Gasteiger charge is -2.14. The molecule has 0 aliphatic carbocycles. The Labute approximate surface area is 124 Å². The molecule has 0 aliphatic rings. The summed E-state index contributed by atoms with van der Waals surface area (Å²) in [6.07, 6.45) is 0. The van der Waals surface area contributed by atoms with E-state index in [1.54, 1.807) is 12.1 Å². The molecule has 0 aliphatic heterocycles. The second kappa shape index (κ2) is 5.67. The van der Waals surface area contributed by atoms with Crippen molar-refractivity contribution in [3.05, 3.63) is 57.8 Å². The molecule has 0 unspecified atom stereocenters. The molecule has 3 N–H and O–H groups in total. The lowest BCUT2D eigenvalue weighted by atomic mass is 10.1. The van der Waals surface area contributed by atoms with Gasteiger partial charge < -0.3 is 11.1 Å². The monoisotopic (exact) mass is 338 g/mol. The van der Waals surface area contributed by atoms with Crippen LogP contribution in [0.3, 0.4) is 0 Å². The van der Waals surface area contributed by atoms with Gasteiger partial charge in [0.2, 0.25) is 0 Å². The van der Waals surface area contributed by atoms with Gasteiger partial charge in [-0.25, -0.2) is 4.39 Å². The fourth-order valence-corrected chi connectivity index (χ4v) is 2.31. The Morgan fingerprint density at radius 3 is 2.68 bits per heavy atom. The van der Waals surface area contributed by atoms with E-state index < -0.39 is 0 Å². The molecule has 2 aromatic carbocycles. The van der Waals surface area contributed by atoms with Gasteiger partial charge in [0.25, 0.3) is 0 Å². The molecular formula is C14H12BrFN2S. The molecule has 0 atom stereocenters. The number of thiocarbonyl (C=S) groups is 1. The number of hydrogen-bond donors (Lipinski definition) is 2. The average molecular weight is 339 g/mol. The zero-order valence-corrected chi connectivity index (χ0v) is 12.6. The van der Waals surface area contributed by atoms with Gasteiger partial charge in [-0.2, -0.15) is 0 Å². The summed E-state index contributed by atoms with van der Waals surface area (Å²) < 4.78 is 13.6. The molecule has 5 heteroatoms. The van der Waals surface area contributed by atoms with Crippen LogP contribution in [0.5, 0.6) is 0 Å². The van der Waals surface area contributed by atoms with Crippen molar-refractivity contribution >= 4 is 44.5 Å². The van der Waals surface area contributed by atoms with Crippen LogP contribution in [0.1, 0.15) is 11.1 Å². The van der Waals surface area contributed by atoms with Crippen molar-refractivity contribution in [1.29, 1.82) is 0 Å². The lowest BCUT2D eigenvalue weighted by Crippen LogP contribution is -2.12. The second-order valence-corrected chi connectivity index (χ2v) is 5.41. The van der Waals surface area contributed by atoms with Crippen molar-refractivity contribution in [2.45, 2.75) is 6.92 Å². The van der Waals surface area contributed by atoms with E-state index in [0.717, 1.165) is 22.5 Å². The number of halogens is 2. The minimum Gasteiger partial charge on any atom is -0.389 e. The van der Waals surface area contributed by atoms with E-state index in [4.69, 9.17) is 18.0 Å². The largest absolute Gasteiger partial charge is 0.389 e. The van der Waals surface area contributed by atoms with Gasteiger partial charge in [0.05, 0.1) is 10.2 Å². The van der Waals surface area contributed by atoms with Crippen molar-refractivity contribution < 1.29 is 4.39 Å². The van der Waals surface area contributed by atoms with Gasteiger partial charge in [-0.3, -0.25) is 0 Å². The molecule has 0 saturated carbocycles. The molecule has 0 bridgehead atoms. The maximum Gasteiger partial charge on any atom is 0.137 e. The molecule has 2 rings (SSSR count). The van der Waals surface area contributed by atoms with Gasteiger partial charge in [0, 0.05) is 11.3 Å².